The van der Waals surface area contributed by atoms with Crippen LogP contribution in [-0.4, -0.2) is 40.1 Å². The molecule has 0 spiro atoms. The zero-order valence-corrected chi connectivity index (χ0v) is 15.3. The highest BCUT2D eigenvalue weighted by molar-refractivity contribution is 6.35. The number of likely N-dealkylation sites (tertiary alicyclic amines) is 1. The fraction of sp³-hybridized carbons (Fsp3) is 0.263. The minimum absolute atomic E-state index is 0.116. The number of oxazole rings is 1. The van der Waals surface area contributed by atoms with Crippen LogP contribution in [0.3, 0.4) is 0 Å². The molecule has 1 aromatic heterocycles. The first kappa shape index (κ1) is 17.3. The van der Waals surface area contributed by atoms with Gasteiger partial charge in [-0.2, -0.15) is 0 Å². The normalized spacial score (nSPS) is 17.7. The van der Waals surface area contributed by atoms with E-state index in [2.05, 4.69) is 4.98 Å². The van der Waals surface area contributed by atoms with Gasteiger partial charge >= 0.3 is 0 Å². The van der Waals surface area contributed by atoms with Crippen LogP contribution >= 0.6 is 23.2 Å². The number of aliphatic hydroxyl groups excluding tert-OH is 1. The Balaban J connectivity index is 1.66. The molecule has 134 valence electrons. The number of rotatable bonds is 2. The number of halogens is 2. The number of aromatic nitrogens is 1. The van der Waals surface area contributed by atoms with E-state index < -0.39 is 6.10 Å². The van der Waals surface area contributed by atoms with Crippen molar-refractivity contribution in [1.82, 2.24) is 9.88 Å². The molecule has 1 aliphatic rings. The second-order valence-corrected chi connectivity index (χ2v) is 7.28. The Morgan fingerprint density at radius 3 is 2.69 bits per heavy atom. The monoisotopic (exact) mass is 390 g/mol. The van der Waals surface area contributed by atoms with Gasteiger partial charge in [0.05, 0.1) is 6.10 Å². The van der Waals surface area contributed by atoms with E-state index in [0.717, 1.165) is 12.8 Å². The van der Waals surface area contributed by atoms with E-state index in [9.17, 15) is 9.90 Å². The molecule has 1 atom stereocenters. The molecule has 5 nitrogen and oxygen atoms in total. The first-order chi connectivity index (χ1) is 12.5. The van der Waals surface area contributed by atoms with Gasteiger partial charge in [0.1, 0.15) is 5.52 Å². The van der Waals surface area contributed by atoms with E-state index in [1.54, 1.807) is 41.3 Å². The Labute approximate surface area is 160 Å². The van der Waals surface area contributed by atoms with Gasteiger partial charge in [-0.1, -0.05) is 23.2 Å². The van der Waals surface area contributed by atoms with Crippen molar-refractivity contribution < 1.29 is 14.3 Å². The Hall–Kier alpha value is -2.08. The highest BCUT2D eigenvalue weighted by atomic mass is 35.5. The van der Waals surface area contributed by atoms with Gasteiger partial charge in [-0.3, -0.25) is 4.79 Å². The minimum atomic E-state index is -0.458. The molecule has 2 aromatic carbocycles. The van der Waals surface area contributed by atoms with Crippen LogP contribution in [0.5, 0.6) is 0 Å². The lowest BCUT2D eigenvalue weighted by Gasteiger charge is -2.30. The molecule has 7 heteroatoms. The van der Waals surface area contributed by atoms with Gasteiger partial charge < -0.3 is 14.4 Å². The number of β-amino-alcohol motifs (C(OH)–C–C–N with tert-alkyl or cyclic N) is 1. The summed E-state index contributed by atoms with van der Waals surface area (Å²) in [7, 11) is 0. The molecule has 4 rings (SSSR count). The van der Waals surface area contributed by atoms with Crippen LogP contribution in [0.1, 0.15) is 23.2 Å². The summed E-state index contributed by atoms with van der Waals surface area (Å²) < 4.78 is 5.81. The van der Waals surface area contributed by atoms with E-state index >= 15 is 0 Å². The smallest absolute Gasteiger partial charge is 0.254 e. The third-order valence-corrected chi connectivity index (χ3v) is 4.87. The minimum Gasteiger partial charge on any atom is -0.436 e. The van der Waals surface area contributed by atoms with E-state index in [1.165, 1.54) is 0 Å². The van der Waals surface area contributed by atoms with Crippen LogP contribution in [0.15, 0.2) is 40.8 Å². The Bertz CT molecular complexity index is 966. The lowest BCUT2D eigenvalue weighted by atomic mass is 10.1. The zero-order chi connectivity index (χ0) is 18.3. The SMILES string of the molecule is O=C(c1ccc2nc(-c3cc(Cl)cc(Cl)c3)oc2c1)N1CCCC(O)C1. The molecule has 1 saturated heterocycles. The molecular formula is C19H16Cl2N2O3. The summed E-state index contributed by atoms with van der Waals surface area (Å²) in [6, 6.07) is 10.2. The first-order valence-corrected chi connectivity index (χ1v) is 9.09. The molecule has 0 aliphatic carbocycles. The third kappa shape index (κ3) is 3.43. The molecule has 26 heavy (non-hydrogen) atoms. The molecule has 0 saturated carbocycles. The number of fused-ring (bicyclic) bond motifs is 1. The Kier molecular flexibility index (Phi) is 4.61. The van der Waals surface area contributed by atoms with Crippen molar-refractivity contribution in [3.63, 3.8) is 0 Å². The molecule has 1 N–H and O–H groups in total. The number of benzene rings is 2. The maximum Gasteiger partial charge on any atom is 0.254 e. The average Bonchev–Trinajstić information content (AvgIpc) is 3.03. The molecule has 1 unspecified atom stereocenters. The Morgan fingerprint density at radius 1 is 1.19 bits per heavy atom. The number of hydrogen-bond donors (Lipinski definition) is 1. The summed E-state index contributed by atoms with van der Waals surface area (Å²) in [5.41, 5.74) is 2.34. The molecular weight excluding hydrogens is 375 g/mol. The molecule has 1 amide bonds. The summed E-state index contributed by atoms with van der Waals surface area (Å²) in [6.07, 6.45) is 1.08. The van der Waals surface area contributed by atoms with E-state index in [0.29, 0.717) is 51.3 Å². The third-order valence-electron chi connectivity index (χ3n) is 4.43. The van der Waals surface area contributed by atoms with E-state index in [4.69, 9.17) is 27.6 Å². The van der Waals surface area contributed by atoms with Gasteiger partial charge in [0.15, 0.2) is 5.58 Å². The highest BCUT2D eigenvalue weighted by Gasteiger charge is 2.23. The molecule has 2 heterocycles. The first-order valence-electron chi connectivity index (χ1n) is 8.34. The van der Waals surface area contributed by atoms with Gasteiger partial charge in [0, 0.05) is 34.3 Å². The molecule has 0 radical (unpaired) electrons. The second-order valence-electron chi connectivity index (χ2n) is 6.41. The standard InChI is InChI=1S/C19H16Cl2N2O3/c20-13-6-12(7-14(21)9-13)18-22-16-4-3-11(8-17(16)26-18)19(25)23-5-1-2-15(24)10-23/h3-4,6-9,15,24H,1-2,5,10H2. The Morgan fingerprint density at radius 2 is 1.96 bits per heavy atom. The number of nitrogens with zero attached hydrogens (tertiary/aromatic N) is 2. The van der Waals surface area contributed by atoms with Crippen LogP contribution in [0, 0.1) is 0 Å². The van der Waals surface area contributed by atoms with Crippen molar-refractivity contribution >= 4 is 40.2 Å². The number of aliphatic hydroxyl groups is 1. The zero-order valence-electron chi connectivity index (χ0n) is 13.8. The van der Waals surface area contributed by atoms with Crippen LogP contribution in [0.25, 0.3) is 22.6 Å². The van der Waals surface area contributed by atoms with Gasteiger partial charge in [0.25, 0.3) is 5.91 Å². The molecule has 1 aliphatic heterocycles. The number of hydrogen-bond acceptors (Lipinski definition) is 4. The topological polar surface area (TPSA) is 66.6 Å². The lowest BCUT2D eigenvalue weighted by Crippen LogP contribution is -2.42. The molecule has 0 bridgehead atoms. The number of carbonyl (C=O) groups is 1. The van der Waals surface area contributed by atoms with Crippen molar-refractivity contribution in [3.05, 3.63) is 52.0 Å². The summed E-state index contributed by atoms with van der Waals surface area (Å²) in [5, 5.41) is 10.8. The molecule has 3 aromatic rings. The predicted octanol–water partition coefficient (Wildman–Crippen LogP) is 4.40. The summed E-state index contributed by atoms with van der Waals surface area (Å²) >= 11 is 12.1. The van der Waals surface area contributed by atoms with E-state index in [-0.39, 0.29) is 5.91 Å². The average molecular weight is 391 g/mol. The van der Waals surface area contributed by atoms with Crippen LogP contribution in [0.4, 0.5) is 0 Å². The van der Waals surface area contributed by atoms with E-state index in [1.807, 2.05) is 0 Å². The van der Waals surface area contributed by atoms with Crippen molar-refractivity contribution in [2.24, 2.45) is 0 Å². The van der Waals surface area contributed by atoms with Crippen molar-refractivity contribution in [2.45, 2.75) is 18.9 Å². The molecule has 1 fully saturated rings. The fourth-order valence-electron chi connectivity index (χ4n) is 3.18. The van der Waals surface area contributed by atoms with Crippen LogP contribution in [0.2, 0.25) is 10.0 Å². The quantitative estimate of drug-likeness (QED) is 0.703. The number of carbonyl (C=O) groups excluding carboxylic acids is 1. The lowest BCUT2D eigenvalue weighted by molar-refractivity contribution is 0.0474. The highest BCUT2D eigenvalue weighted by Crippen LogP contribution is 2.30. The summed E-state index contributed by atoms with van der Waals surface area (Å²) in [4.78, 5) is 18.8. The van der Waals surface area contributed by atoms with Crippen molar-refractivity contribution in [1.29, 1.82) is 0 Å². The van der Waals surface area contributed by atoms with Gasteiger partial charge in [-0.05, 0) is 49.2 Å². The number of piperidine rings is 1. The maximum absolute atomic E-state index is 12.7. The number of amides is 1. The van der Waals surface area contributed by atoms with Gasteiger partial charge in [-0.15, -0.1) is 0 Å². The van der Waals surface area contributed by atoms with Crippen LogP contribution < -0.4 is 0 Å². The largest absolute Gasteiger partial charge is 0.436 e. The van der Waals surface area contributed by atoms with Crippen molar-refractivity contribution in [3.8, 4) is 11.5 Å². The predicted molar refractivity (Wildman–Crippen MR) is 101 cm³/mol. The van der Waals surface area contributed by atoms with Crippen molar-refractivity contribution in [2.75, 3.05) is 13.1 Å². The second kappa shape index (κ2) is 6.91. The van der Waals surface area contributed by atoms with Crippen LogP contribution in [-0.2, 0) is 0 Å². The van der Waals surface area contributed by atoms with Gasteiger partial charge in [-0.25, -0.2) is 4.98 Å². The summed E-state index contributed by atoms with van der Waals surface area (Å²) in [6.45, 7) is 1.01. The maximum atomic E-state index is 12.7. The van der Waals surface area contributed by atoms with Gasteiger partial charge in [0.2, 0.25) is 5.89 Å². The summed E-state index contributed by atoms with van der Waals surface area (Å²) in [5.74, 6) is 0.275. The fourth-order valence-corrected chi connectivity index (χ4v) is 3.71.